The van der Waals surface area contributed by atoms with Crippen molar-refractivity contribution in [3.8, 4) is 5.75 Å². The van der Waals surface area contributed by atoms with Crippen molar-refractivity contribution in [1.29, 1.82) is 0 Å². The van der Waals surface area contributed by atoms with Gasteiger partial charge in [0.15, 0.2) is 5.82 Å². The first-order valence-electron chi connectivity index (χ1n) is 8.16. The van der Waals surface area contributed by atoms with E-state index in [1.807, 2.05) is 24.0 Å². The molecular weight excluding hydrogens is 330 g/mol. The Morgan fingerprint density at radius 1 is 1.46 bits per heavy atom. The quantitative estimate of drug-likeness (QED) is 0.827. The minimum Gasteiger partial charge on any atom is -0.492 e. The molecule has 1 saturated heterocycles. The number of aromatic nitrogens is 2. The number of halogens is 1. The van der Waals surface area contributed by atoms with E-state index in [4.69, 9.17) is 20.9 Å². The van der Waals surface area contributed by atoms with E-state index in [9.17, 15) is 4.79 Å². The molecule has 1 aliphatic heterocycles. The van der Waals surface area contributed by atoms with Crippen LogP contribution in [-0.4, -0.2) is 34.1 Å². The number of ether oxygens (including phenoxy) is 1. The summed E-state index contributed by atoms with van der Waals surface area (Å²) < 4.78 is 10.5. The number of carbonyl (C=O) groups excluding carboxylic acids is 1. The zero-order valence-electron chi connectivity index (χ0n) is 13.6. The highest BCUT2D eigenvalue weighted by atomic mass is 35.5. The van der Waals surface area contributed by atoms with Crippen LogP contribution < -0.4 is 4.74 Å². The van der Waals surface area contributed by atoms with Gasteiger partial charge in [0.2, 0.25) is 12.3 Å². The number of para-hydroxylation sites is 1. The van der Waals surface area contributed by atoms with Gasteiger partial charge in [-0.25, -0.2) is 0 Å². The number of piperidine rings is 1. The molecule has 128 valence electrons. The number of amides is 1. The van der Waals surface area contributed by atoms with Crippen LogP contribution in [0.25, 0.3) is 0 Å². The van der Waals surface area contributed by atoms with Gasteiger partial charge in [-0.1, -0.05) is 28.9 Å². The SMILES string of the molecule is CCOc1c(Cl)cccc1CC(=O)N1CCCCC1c1ncon1. The molecular formula is C17H20ClN3O3. The van der Waals surface area contributed by atoms with Gasteiger partial charge in [0, 0.05) is 12.1 Å². The average molecular weight is 350 g/mol. The van der Waals surface area contributed by atoms with Gasteiger partial charge < -0.3 is 14.2 Å². The maximum atomic E-state index is 12.9. The average Bonchev–Trinajstić information content (AvgIpc) is 3.12. The molecule has 1 unspecified atom stereocenters. The van der Waals surface area contributed by atoms with E-state index in [0.29, 0.717) is 29.7 Å². The highest BCUT2D eigenvalue weighted by Crippen LogP contribution is 2.32. The second-order valence-electron chi connectivity index (χ2n) is 5.73. The number of carbonyl (C=O) groups is 1. The third kappa shape index (κ3) is 3.53. The van der Waals surface area contributed by atoms with Gasteiger partial charge in [-0.3, -0.25) is 4.79 Å². The first kappa shape index (κ1) is 16.8. The van der Waals surface area contributed by atoms with E-state index in [1.165, 1.54) is 6.39 Å². The van der Waals surface area contributed by atoms with Crippen molar-refractivity contribution in [1.82, 2.24) is 15.0 Å². The standard InChI is InChI=1S/C17H20ClN3O3/c1-2-23-16-12(6-5-7-13(16)18)10-15(22)21-9-4-3-8-14(21)17-19-11-24-20-17/h5-7,11,14H,2-4,8-10H2,1H3. The molecule has 1 amide bonds. The number of rotatable bonds is 5. The van der Waals surface area contributed by atoms with Crippen LogP contribution in [-0.2, 0) is 11.2 Å². The lowest BCUT2D eigenvalue weighted by molar-refractivity contribution is -0.134. The van der Waals surface area contributed by atoms with Gasteiger partial charge in [0.25, 0.3) is 0 Å². The minimum absolute atomic E-state index is 0.0210. The molecule has 7 heteroatoms. The molecule has 2 heterocycles. The Labute approximate surface area is 145 Å². The van der Waals surface area contributed by atoms with Gasteiger partial charge in [-0.15, -0.1) is 0 Å². The van der Waals surface area contributed by atoms with Crippen LogP contribution in [0.3, 0.4) is 0 Å². The Morgan fingerprint density at radius 2 is 2.33 bits per heavy atom. The molecule has 0 radical (unpaired) electrons. The summed E-state index contributed by atoms with van der Waals surface area (Å²) >= 11 is 6.20. The van der Waals surface area contributed by atoms with Crippen molar-refractivity contribution in [3.63, 3.8) is 0 Å². The molecule has 2 aromatic rings. The second-order valence-corrected chi connectivity index (χ2v) is 6.13. The molecule has 6 nitrogen and oxygen atoms in total. The summed E-state index contributed by atoms with van der Waals surface area (Å²) in [4.78, 5) is 18.8. The summed E-state index contributed by atoms with van der Waals surface area (Å²) in [7, 11) is 0. The Morgan fingerprint density at radius 3 is 3.08 bits per heavy atom. The molecule has 1 aliphatic rings. The molecule has 0 spiro atoms. The molecule has 1 aromatic heterocycles. The van der Waals surface area contributed by atoms with Crippen LogP contribution >= 0.6 is 11.6 Å². The van der Waals surface area contributed by atoms with Crippen LogP contribution in [0.5, 0.6) is 5.75 Å². The Kier molecular flexibility index (Phi) is 5.35. The third-order valence-corrected chi connectivity index (χ3v) is 4.48. The highest BCUT2D eigenvalue weighted by molar-refractivity contribution is 6.32. The highest BCUT2D eigenvalue weighted by Gasteiger charge is 2.31. The second kappa shape index (κ2) is 7.66. The van der Waals surface area contributed by atoms with E-state index >= 15 is 0 Å². The summed E-state index contributed by atoms with van der Waals surface area (Å²) in [6, 6.07) is 5.35. The van der Waals surface area contributed by atoms with Crippen LogP contribution in [0.15, 0.2) is 29.1 Å². The van der Waals surface area contributed by atoms with Gasteiger partial charge in [0.05, 0.1) is 24.1 Å². The van der Waals surface area contributed by atoms with Gasteiger partial charge >= 0.3 is 0 Å². The van der Waals surface area contributed by atoms with E-state index in [1.54, 1.807) is 6.07 Å². The van der Waals surface area contributed by atoms with E-state index in [0.717, 1.165) is 24.8 Å². The molecule has 1 aromatic carbocycles. The predicted molar refractivity (Wildman–Crippen MR) is 88.9 cm³/mol. The fourth-order valence-corrected chi connectivity index (χ4v) is 3.34. The molecule has 1 atom stereocenters. The molecule has 0 aliphatic carbocycles. The monoisotopic (exact) mass is 349 g/mol. The number of nitrogens with zero attached hydrogens (tertiary/aromatic N) is 3. The van der Waals surface area contributed by atoms with Crippen LogP contribution in [0.4, 0.5) is 0 Å². The first-order chi connectivity index (χ1) is 11.7. The first-order valence-corrected chi connectivity index (χ1v) is 8.54. The van der Waals surface area contributed by atoms with Crippen molar-refractivity contribution in [2.45, 2.75) is 38.6 Å². The van der Waals surface area contributed by atoms with Crippen molar-refractivity contribution in [2.24, 2.45) is 0 Å². The summed E-state index contributed by atoms with van der Waals surface area (Å²) in [6.45, 7) is 3.09. The Bertz CT molecular complexity index is 690. The van der Waals surface area contributed by atoms with Crippen LogP contribution in [0.1, 0.15) is 43.6 Å². The van der Waals surface area contributed by atoms with E-state index < -0.39 is 0 Å². The van der Waals surface area contributed by atoms with Crippen molar-refractivity contribution in [2.75, 3.05) is 13.2 Å². The number of hydrogen-bond donors (Lipinski definition) is 0. The third-order valence-electron chi connectivity index (χ3n) is 4.18. The van der Waals surface area contributed by atoms with Crippen molar-refractivity contribution < 1.29 is 14.1 Å². The normalized spacial score (nSPS) is 17.8. The molecule has 0 N–H and O–H groups in total. The van der Waals surface area contributed by atoms with Gasteiger partial charge in [-0.05, 0) is 32.3 Å². The largest absolute Gasteiger partial charge is 0.492 e. The summed E-state index contributed by atoms with van der Waals surface area (Å²) in [5, 5.41) is 4.44. The fraction of sp³-hybridized carbons (Fsp3) is 0.471. The fourth-order valence-electron chi connectivity index (χ4n) is 3.09. The van der Waals surface area contributed by atoms with E-state index in [2.05, 4.69) is 10.1 Å². The lowest BCUT2D eigenvalue weighted by Crippen LogP contribution is -2.39. The Hall–Kier alpha value is -2.08. The maximum Gasteiger partial charge on any atom is 0.227 e. The number of likely N-dealkylation sites (tertiary alicyclic amines) is 1. The lowest BCUT2D eigenvalue weighted by Gasteiger charge is -2.34. The zero-order chi connectivity index (χ0) is 16.9. The van der Waals surface area contributed by atoms with Crippen LogP contribution in [0.2, 0.25) is 5.02 Å². The predicted octanol–water partition coefficient (Wildman–Crippen LogP) is 3.42. The van der Waals surface area contributed by atoms with Crippen molar-refractivity contribution >= 4 is 17.5 Å². The molecule has 0 saturated carbocycles. The van der Waals surface area contributed by atoms with Crippen LogP contribution in [0, 0.1) is 0 Å². The molecule has 0 bridgehead atoms. The zero-order valence-corrected chi connectivity index (χ0v) is 14.3. The summed E-state index contributed by atoms with van der Waals surface area (Å²) in [5.41, 5.74) is 0.798. The smallest absolute Gasteiger partial charge is 0.227 e. The number of hydrogen-bond acceptors (Lipinski definition) is 5. The van der Waals surface area contributed by atoms with Gasteiger partial charge in [0.1, 0.15) is 5.75 Å². The summed E-state index contributed by atoms with van der Waals surface area (Å²) in [6.07, 6.45) is 4.42. The molecule has 1 fully saturated rings. The lowest BCUT2D eigenvalue weighted by atomic mass is 10.00. The topological polar surface area (TPSA) is 68.5 Å². The minimum atomic E-state index is -0.125. The van der Waals surface area contributed by atoms with Crippen molar-refractivity contribution in [3.05, 3.63) is 41.0 Å². The Balaban J connectivity index is 1.80. The van der Waals surface area contributed by atoms with Gasteiger partial charge in [-0.2, -0.15) is 4.98 Å². The van der Waals surface area contributed by atoms with E-state index in [-0.39, 0.29) is 18.4 Å². The summed E-state index contributed by atoms with van der Waals surface area (Å²) in [5.74, 6) is 1.18. The molecule has 24 heavy (non-hydrogen) atoms. The maximum absolute atomic E-state index is 12.9. The number of benzene rings is 1. The molecule has 3 rings (SSSR count).